The van der Waals surface area contributed by atoms with Gasteiger partial charge >= 0.3 is 0 Å². The number of nitrogens with zero attached hydrogens (tertiary/aromatic N) is 3. The van der Waals surface area contributed by atoms with Crippen LogP contribution >= 0.6 is 24.0 Å². The maximum absolute atomic E-state index is 5.98. The normalized spacial score (nSPS) is 13.5. The average Bonchev–Trinajstić information content (AvgIpc) is 3.10. The Morgan fingerprint density at radius 1 is 1.19 bits per heavy atom. The van der Waals surface area contributed by atoms with Crippen LogP contribution in [0, 0.1) is 12.8 Å². The van der Waals surface area contributed by atoms with Crippen LogP contribution in [-0.4, -0.2) is 42.0 Å². The van der Waals surface area contributed by atoms with Gasteiger partial charge in [0.15, 0.2) is 5.96 Å². The summed E-state index contributed by atoms with van der Waals surface area (Å²) in [5, 5.41) is 10.9. The minimum Gasteiger partial charge on any atom is -0.489 e. The van der Waals surface area contributed by atoms with Crippen molar-refractivity contribution in [2.24, 2.45) is 10.9 Å². The third kappa shape index (κ3) is 7.63. The maximum atomic E-state index is 5.98. The second kappa shape index (κ2) is 11.8. The van der Waals surface area contributed by atoms with E-state index in [2.05, 4.69) is 40.6 Å². The average molecular weight is 471 g/mol. The molecule has 1 heterocycles. The molecule has 0 bridgehead atoms. The molecule has 2 aromatic rings. The summed E-state index contributed by atoms with van der Waals surface area (Å²) in [6, 6.07) is 9.99. The van der Waals surface area contributed by atoms with Crippen LogP contribution in [-0.2, 0) is 6.54 Å². The van der Waals surface area contributed by atoms with Crippen LogP contribution in [0.4, 0.5) is 0 Å². The zero-order valence-corrected chi connectivity index (χ0v) is 18.3. The Morgan fingerprint density at radius 2 is 1.92 bits per heavy atom. The Hall–Kier alpha value is -1.77. The maximum Gasteiger partial charge on any atom is 0.191 e. The highest BCUT2D eigenvalue weighted by molar-refractivity contribution is 14.0. The lowest BCUT2D eigenvalue weighted by molar-refractivity contribution is 0.222. The van der Waals surface area contributed by atoms with Crippen molar-refractivity contribution in [2.75, 3.05) is 20.1 Å². The molecule has 0 fully saturated rings. The van der Waals surface area contributed by atoms with Crippen molar-refractivity contribution < 1.29 is 4.74 Å². The molecule has 0 aliphatic rings. The highest BCUT2D eigenvalue weighted by Crippen LogP contribution is 2.17. The standard InChI is InChI=1S/C19H29N5O.HI/c1-15(14-24-11-7-10-23-24)12-21-19(20-4)22-13-17(3)25-18-9-6-5-8-16(18)2;/h5-11,15,17H,12-14H2,1-4H3,(H2,20,21,22);1H. The molecule has 0 amide bonds. The van der Waals surface area contributed by atoms with Crippen molar-refractivity contribution >= 4 is 29.9 Å². The number of aryl methyl sites for hydroxylation is 1. The number of hydrogen-bond acceptors (Lipinski definition) is 3. The largest absolute Gasteiger partial charge is 0.489 e. The first-order valence-electron chi connectivity index (χ1n) is 8.72. The summed E-state index contributed by atoms with van der Waals surface area (Å²) in [6.07, 6.45) is 3.83. The number of aliphatic imine (C=N–C) groups is 1. The van der Waals surface area contributed by atoms with Crippen molar-refractivity contribution in [3.05, 3.63) is 48.3 Å². The van der Waals surface area contributed by atoms with Gasteiger partial charge in [-0.25, -0.2) is 0 Å². The minimum atomic E-state index is 0. The highest BCUT2D eigenvalue weighted by Gasteiger charge is 2.09. The van der Waals surface area contributed by atoms with Gasteiger partial charge in [-0.15, -0.1) is 24.0 Å². The molecule has 7 heteroatoms. The van der Waals surface area contributed by atoms with E-state index in [1.54, 1.807) is 13.2 Å². The molecule has 0 spiro atoms. The summed E-state index contributed by atoms with van der Waals surface area (Å²) < 4.78 is 7.92. The molecule has 2 unspecified atom stereocenters. The molecule has 144 valence electrons. The summed E-state index contributed by atoms with van der Waals surface area (Å²) >= 11 is 0. The van der Waals surface area contributed by atoms with Gasteiger partial charge in [0.2, 0.25) is 0 Å². The fourth-order valence-corrected chi connectivity index (χ4v) is 2.47. The first kappa shape index (κ1) is 22.3. The van der Waals surface area contributed by atoms with E-state index in [9.17, 15) is 0 Å². The van der Waals surface area contributed by atoms with Crippen LogP contribution in [0.5, 0.6) is 5.75 Å². The number of nitrogens with one attached hydrogen (secondary N) is 2. The zero-order chi connectivity index (χ0) is 18.1. The van der Waals surface area contributed by atoms with Crippen LogP contribution < -0.4 is 15.4 Å². The monoisotopic (exact) mass is 471 g/mol. The lowest BCUT2D eigenvalue weighted by Crippen LogP contribution is -2.43. The highest BCUT2D eigenvalue weighted by atomic mass is 127. The quantitative estimate of drug-likeness (QED) is 0.353. The van der Waals surface area contributed by atoms with Gasteiger partial charge in [-0.05, 0) is 37.5 Å². The number of rotatable bonds is 8. The van der Waals surface area contributed by atoms with E-state index in [-0.39, 0.29) is 30.1 Å². The van der Waals surface area contributed by atoms with Gasteiger partial charge in [0.1, 0.15) is 11.9 Å². The predicted molar refractivity (Wildman–Crippen MR) is 117 cm³/mol. The molecule has 0 radical (unpaired) electrons. The SMILES string of the molecule is CN=C(NCC(C)Cn1cccn1)NCC(C)Oc1ccccc1C.I. The molecule has 26 heavy (non-hydrogen) atoms. The number of halogens is 1. The second-order valence-corrected chi connectivity index (χ2v) is 6.36. The topological polar surface area (TPSA) is 63.5 Å². The van der Waals surface area contributed by atoms with E-state index >= 15 is 0 Å². The van der Waals surface area contributed by atoms with E-state index in [0.29, 0.717) is 12.5 Å². The lowest BCUT2D eigenvalue weighted by Gasteiger charge is -2.20. The van der Waals surface area contributed by atoms with Crippen LogP contribution in [0.2, 0.25) is 0 Å². The number of para-hydroxylation sites is 1. The van der Waals surface area contributed by atoms with Crippen LogP contribution in [0.1, 0.15) is 19.4 Å². The van der Waals surface area contributed by atoms with E-state index in [0.717, 1.165) is 30.4 Å². The molecule has 0 saturated carbocycles. The molecule has 2 rings (SSSR count). The van der Waals surface area contributed by atoms with Gasteiger partial charge < -0.3 is 15.4 Å². The molecule has 0 aliphatic carbocycles. The van der Waals surface area contributed by atoms with E-state index in [1.807, 2.05) is 42.1 Å². The van der Waals surface area contributed by atoms with E-state index in [4.69, 9.17) is 4.74 Å². The first-order valence-corrected chi connectivity index (χ1v) is 8.72. The fourth-order valence-electron chi connectivity index (χ4n) is 2.47. The van der Waals surface area contributed by atoms with Gasteiger partial charge in [0.25, 0.3) is 0 Å². The molecule has 0 aliphatic heterocycles. The number of hydrogen-bond donors (Lipinski definition) is 2. The molecule has 1 aromatic heterocycles. The van der Waals surface area contributed by atoms with Crippen LogP contribution in [0.15, 0.2) is 47.7 Å². The summed E-state index contributed by atoms with van der Waals surface area (Å²) in [6.45, 7) is 8.67. The van der Waals surface area contributed by atoms with Gasteiger partial charge in [-0.3, -0.25) is 9.67 Å². The number of guanidine groups is 1. The Bertz CT molecular complexity index is 660. The number of aromatic nitrogens is 2. The molecule has 0 saturated heterocycles. The molecular weight excluding hydrogens is 441 g/mol. The van der Waals surface area contributed by atoms with Gasteiger partial charge in [-0.1, -0.05) is 25.1 Å². The smallest absolute Gasteiger partial charge is 0.191 e. The Morgan fingerprint density at radius 3 is 2.58 bits per heavy atom. The predicted octanol–water partition coefficient (Wildman–Crippen LogP) is 3.08. The lowest BCUT2D eigenvalue weighted by atomic mass is 10.2. The first-order chi connectivity index (χ1) is 12.1. The van der Waals surface area contributed by atoms with E-state index in [1.165, 1.54) is 0 Å². The number of ether oxygens (including phenoxy) is 1. The fraction of sp³-hybridized carbons (Fsp3) is 0.474. The molecule has 1 aromatic carbocycles. The van der Waals surface area contributed by atoms with Crippen molar-refractivity contribution in [1.82, 2.24) is 20.4 Å². The van der Waals surface area contributed by atoms with E-state index < -0.39 is 0 Å². The zero-order valence-electron chi connectivity index (χ0n) is 16.0. The Balaban J connectivity index is 0.00000338. The van der Waals surface area contributed by atoms with Crippen molar-refractivity contribution in [3.63, 3.8) is 0 Å². The summed E-state index contributed by atoms with van der Waals surface area (Å²) in [4.78, 5) is 4.27. The Labute approximate surface area is 173 Å². The molecular formula is C19H30IN5O. The minimum absolute atomic E-state index is 0. The summed E-state index contributed by atoms with van der Waals surface area (Å²) in [5.74, 6) is 2.15. The molecule has 2 atom stereocenters. The van der Waals surface area contributed by atoms with Crippen molar-refractivity contribution in [3.8, 4) is 5.75 Å². The number of benzene rings is 1. The summed E-state index contributed by atoms with van der Waals surface area (Å²) in [7, 11) is 1.78. The van der Waals surface area contributed by atoms with Crippen LogP contribution in [0.3, 0.4) is 0 Å². The molecule has 6 nitrogen and oxygen atoms in total. The van der Waals surface area contributed by atoms with Gasteiger partial charge in [0.05, 0.1) is 6.54 Å². The Kier molecular flexibility index (Phi) is 10.1. The third-order valence-electron chi connectivity index (χ3n) is 3.88. The van der Waals surface area contributed by atoms with Gasteiger partial charge in [0, 0.05) is 32.5 Å². The summed E-state index contributed by atoms with van der Waals surface area (Å²) in [5.41, 5.74) is 1.14. The second-order valence-electron chi connectivity index (χ2n) is 6.36. The van der Waals surface area contributed by atoms with Crippen LogP contribution in [0.25, 0.3) is 0 Å². The van der Waals surface area contributed by atoms with Crippen molar-refractivity contribution in [1.29, 1.82) is 0 Å². The van der Waals surface area contributed by atoms with Gasteiger partial charge in [-0.2, -0.15) is 5.10 Å². The third-order valence-corrected chi connectivity index (χ3v) is 3.88. The van der Waals surface area contributed by atoms with Crippen molar-refractivity contribution in [2.45, 2.75) is 33.4 Å². The molecule has 2 N–H and O–H groups in total.